The zero-order valence-electron chi connectivity index (χ0n) is 17.2. The maximum absolute atomic E-state index is 12.8. The highest BCUT2D eigenvalue weighted by Gasteiger charge is 2.48. The second kappa shape index (κ2) is 7.57. The van der Waals surface area contributed by atoms with Crippen LogP contribution in [0.15, 0.2) is 41.9 Å². The molecule has 0 spiro atoms. The highest BCUT2D eigenvalue weighted by molar-refractivity contribution is 6.19. The normalized spacial score (nSPS) is 18.5. The third kappa shape index (κ3) is 3.67. The fraction of sp³-hybridized carbons (Fsp3) is 0.364. The number of hydrogen-bond donors (Lipinski definition) is 1. The van der Waals surface area contributed by atoms with Crippen LogP contribution in [0.1, 0.15) is 31.2 Å². The summed E-state index contributed by atoms with van der Waals surface area (Å²) < 4.78 is 0. The van der Waals surface area contributed by atoms with Crippen molar-refractivity contribution in [1.29, 1.82) is 0 Å². The minimum atomic E-state index is -0.307. The third-order valence-corrected chi connectivity index (χ3v) is 5.70. The first-order valence-electron chi connectivity index (χ1n) is 10.4. The zero-order valence-corrected chi connectivity index (χ0v) is 17.2. The van der Waals surface area contributed by atoms with E-state index in [1.54, 1.807) is 29.4 Å². The number of hydrogen-bond acceptors (Lipinski definition) is 7. The molecule has 2 aromatic heterocycles. The van der Waals surface area contributed by atoms with Crippen LogP contribution in [0, 0.1) is 6.92 Å². The van der Waals surface area contributed by atoms with Gasteiger partial charge in [0, 0.05) is 36.1 Å². The van der Waals surface area contributed by atoms with Gasteiger partial charge in [-0.2, -0.15) is 0 Å². The van der Waals surface area contributed by atoms with Gasteiger partial charge >= 0.3 is 0 Å². The lowest BCUT2D eigenvalue weighted by atomic mass is 10.0. The summed E-state index contributed by atoms with van der Waals surface area (Å²) >= 11 is 0. The van der Waals surface area contributed by atoms with E-state index >= 15 is 0 Å². The molecule has 0 saturated heterocycles. The van der Waals surface area contributed by atoms with E-state index in [0.29, 0.717) is 35.7 Å². The molecular weight excluding hydrogens is 396 g/mol. The van der Waals surface area contributed by atoms with Crippen molar-refractivity contribution in [3.8, 4) is 11.3 Å². The topological polar surface area (TPSA) is 108 Å². The Morgan fingerprint density at radius 2 is 2.00 bits per heavy atom. The van der Waals surface area contributed by atoms with Crippen molar-refractivity contribution in [1.82, 2.24) is 25.0 Å². The molecule has 2 aliphatic heterocycles. The lowest BCUT2D eigenvalue weighted by Crippen LogP contribution is -2.40. The molecule has 0 radical (unpaired) electrons. The molecule has 4 heterocycles. The second-order valence-electron chi connectivity index (χ2n) is 8.17. The Morgan fingerprint density at radius 3 is 2.71 bits per heavy atom. The number of pyridine rings is 1. The number of carbonyl (C=O) groups excluding carboxylic acids is 3. The third-order valence-electron chi connectivity index (χ3n) is 5.70. The van der Waals surface area contributed by atoms with Crippen molar-refractivity contribution in [3.05, 3.63) is 47.4 Å². The summed E-state index contributed by atoms with van der Waals surface area (Å²) in [5.41, 5.74) is 3.48. The summed E-state index contributed by atoms with van der Waals surface area (Å²) in [5.74, 6) is -0.419. The molecule has 0 unspecified atom stereocenters. The summed E-state index contributed by atoms with van der Waals surface area (Å²) in [6.45, 7) is 2.50. The predicted molar refractivity (Wildman–Crippen MR) is 111 cm³/mol. The molecule has 5 rings (SSSR count). The van der Waals surface area contributed by atoms with Crippen molar-refractivity contribution >= 4 is 23.5 Å². The van der Waals surface area contributed by atoms with E-state index in [2.05, 4.69) is 20.5 Å². The number of rotatable bonds is 5. The first kappa shape index (κ1) is 19.3. The molecule has 1 saturated carbocycles. The number of aromatic nitrogens is 3. The molecule has 31 heavy (non-hydrogen) atoms. The van der Waals surface area contributed by atoms with Crippen LogP contribution in [-0.2, 0) is 14.4 Å². The molecule has 1 fully saturated rings. The quantitative estimate of drug-likeness (QED) is 0.736. The molecule has 1 N–H and O–H groups in total. The van der Waals surface area contributed by atoms with E-state index in [0.717, 1.165) is 30.4 Å². The Bertz CT molecular complexity index is 1110. The van der Waals surface area contributed by atoms with Gasteiger partial charge in [0.25, 0.3) is 11.8 Å². The lowest BCUT2D eigenvalue weighted by Gasteiger charge is -2.28. The Hall–Kier alpha value is -3.62. The van der Waals surface area contributed by atoms with Crippen LogP contribution in [0.4, 0.5) is 5.82 Å². The maximum Gasteiger partial charge on any atom is 0.277 e. The fourth-order valence-corrected chi connectivity index (χ4v) is 4.12. The van der Waals surface area contributed by atoms with E-state index in [-0.39, 0.29) is 30.3 Å². The van der Waals surface area contributed by atoms with Crippen molar-refractivity contribution < 1.29 is 14.4 Å². The monoisotopic (exact) mass is 418 g/mol. The minimum absolute atomic E-state index is 0.0123. The Balaban J connectivity index is 1.26. The summed E-state index contributed by atoms with van der Waals surface area (Å²) in [6.07, 6.45) is 6.53. The number of aryl methyl sites for hydroxylation is 1. The number of carbonyl (C=O) groups is 3. The van der Waals surface area contributed by atoms with Crippen LogP contribution in [0.5, 0.6) is 0 Å². The largest absolute Gasteiger partial charge is 0.357 e. The molecule has 3 aliphatic rings. The van der Waals surface area contributed by atoms with Crippen LogP contribution < -0.4 is 5.32 Å². The molecule has 0 atom stereocenters. The van der Waals surface area contributed by atoms with Crippen molar-refractivity contribution in [3.63, 3.8) is 0 Å². The number of nitrogens with one attached hydrogen (secondary N) is 1. The number of imide groups is 1. The van der Waals surface area contributed by atoms with Crippen LogP contribution in [0.3, 0.4) is 0 Å². The van der Waals surface area contributed by atoms with E-state index in [9.17, 15) is 14.4 Å². The smallest absolute Gasteiger partial charge is 0.277 e. The number of nitrogens with zero attached hydrogens (tertiary/aromatic N) is 5. The Labute approximate surface area is 179 Å². The molecule has 1 aliphatic carbocycles. The first-order chi connectivity index (χ1) is 15.0. The van der Waals surface area contributed by atoms with Crippen LogP contribution >= 0.6 is 0 Å². The molecule has 0 aromatic carbocycles. The maximum atomic E-state index is 12.8. The summed E-state index contributed by atoms with van der Waals surface area (Å²) in [5, 5.41) is 11.0. The Morgan fingerprint density at radius 1 is 1.16 bits per heavy atom. The highest BCUT2D eigenvalue weighted by Crippen LogP contribution is 2.38. The van der Waals surface area contributed by atoms with E-state index in [1.165, 1.54) is 4.90 Å². The zero-order chi connectivity index (χ0) is 21.5. The summed E-state index contributed by atoms with van der Waals surface area (Å²) in [6, 6.07) is 5.44. The van der Waals surface area contributed by atoms with Gasteiger partial charge < -0.3 is 10.2 Å². The van der Waals surface area contributed by atoms with Gasteiger partial charge in [-0.05, 0) is 56.4 Å². The summed E-state index contributed by atoms with van der Waals surface area (Å²) in [7, 11) is 0. The average molecular weight is 418 g/mol. The van der Waals surface area contributed by atoms with Gasteiger partial charge in [-0.15, -0.1) is 10.2 Å². The van der Waals surface area contributed by atoms with Crippen molar-refractivity contribution in [2.75, 3.05) is 18.4 Å². The molecule has 9 nitrogen and oxygen atoms in total. The molecule has 158 valence electrons. The lowest BCUT2D eigenvalue weighted by molar-refractivity contribution is -0.138. The number of anilines is 1. The van der Waals surface area contributed by atoms with E-state index < -0.39 is 0 Å². The molecular formula is C22H22N6O3. The fourth-order valence-electron chi connectivity index (χ4n) is 4.12. The van der Waals surface area contributed by atoms with Crippen LogP contribution in [-0.4, -0.2) is 61.8 Å². The first-order valence-corrected chi connectivity index (χ1v) is 10.4. The van der Waals surface area contributed by atoms with Gasteiger partial charge in [-0.3, -0.25) is 24.3 Å². The molecule has 0 bridgehead atoms. The molecule has 3 amide bonds. The Kier molecular flexibility index (Phi) is 4.72. The summed E-state index contributed by atoms with van der Waals surface area (Å²) in [4.78, 5) is 45.3. The van der Waals surface area contributed by atoms with Gasteiger partial charge in [0.1, 0.15) is 5.70 Å². The van der Waals surface area contributed by atoms with Gasteiger partial charge in [-0.25, -0.2) is 0 Å². The van der Waals surface area contributed by atoms with Crippen LogP contribution in [0.25, 0.3) is 11.3 Å². The van der Waals surface area contributed by atoms with Gasteiger partial charge in [0.05, 0.1) is 12.2 Å². The number of amides is 3. The molecule has 9 heteroatoms. The van der Waals surface area contributed by atoms with Crippen molar-refractivity contribution in [2.45, 2.75) is 38.6 Å². The van der Waals surface area contributed by atoms with Gasteiger partial charge in [0.2, 0.25) is 5.91 Å². The van der Waals surface area contributed by atoms with Crippen molar-refractivity contribution in [2.24, 2.45) is 0 Å². The van der Waals surface area contributed by atoms with E-state index in [1.807, 2.05) is 13.0 Å². The second-order valence-corrected chi connectivity index (χ2v) is 8.17. The molecule has 2 aromatic rings. The average Bonchev–Trinajstić information content (AvgIpc) is 3.55. The van der Waals surface area contributed by atoms with E-state index in [4.69, 9.17) is 0 Å². The SMILES string of the molecule is Cc1cncc(-c2ccc(NC(=O)CN3CCCC4=C3C(=O)N(C3CC3)C4=O)nn2)c1. The highest BCUT2D eigenvalue weighted by atomic mass is 16.2. The van der Waals surface area contributed by atoms with Crippen LogP contribution in [0.2, 0.25) is 0 Å². The van der Waals surface area contributed by atoms with Gasteiger partial charge in [-0.1, -0.05) is 0 Å². The minimum Gasteiger partial charge on any atom is -0.357 e. The predicted octanol–water partition coefficient (Wildman–Crippen LogP) is 1.67. The standard InChI is InChI=1S/C22H22N6O3/c1-13-9-14(11-23-10-13)17-6-7-18(26-25-17)24-19(29)12-27-8-2-3-16-20(27)22(31)28(21(16)30)15-4-5-15/h6-7,9-11,15H,2-5,8,12H2,1H3,(H,24,26,29). The van der Waals surface area contributed by atoms with Gasteiger partial charge in [0.15, 0.2) is 5.82 Å².